The molecule has 0 N–H and O–H groups in total. The number of nitrogens with zero attached hydrogens (tertiary/aromatic N) is 1. The van der Waals surface area contributed by atoms with Gasteiger partial charge in [0.2, 0.25) is 0 Å². The van der Waals surface area contributed by atoms with E-state index >= 15 is 0 Å². The third kappa shape index (κ3) is 3.28. The van der Waals surface area contributed by atoms with Crippen molar-refractivity contribution >= 4 is 0 Å². The smallest absolute Gasteiger partial charge is 0.195 e. The fourth-order valence-corrected chi connectivity index (χ4v) is 2.69. The van der Waals surface area contributed by atoms with Gasteiger partial charge in [-0.3, -0.25) is 0 Å². The van der Waals surface area contributed by atoms with Crippen molar-refractivity contribution in [3.63, 3.8) is 0 Å². The highest BCUT2D eigenvalue weighted by Gasteiger charge is 2.38. The second-order valence-electron chi connectivity index (χ2n) is 5.17. The summed E-state index contributed by atoms with van der Waals surface area (Å²) in [6, 6.07) is 12.4. The van der Waals surface area contributed by atoms with Gasteiger partial charge in [-0.25, -0.2) is 8.96 Å². The maximum absolute atomic E-state index is 13.1. The Hall–Kier alpha value is -1.78. The molecular weight excluding hydrogens is 269 g/mol. The summed E-state index contributed by atoms with van der Waals surface area (Å²) in [5, 5.41) is 0. The van der Waals surface area contributed by atoms with Gasteiger partial charge in [0.25, 0.3) is 0 Å². The van der Waals surface area contributed by atoms with E-state index in [1.54, 1.807) is 12.1 Å². The highest BCUT2D eigenvalue weighted by molar-refractivity contribution is 5.21. The molecule has 1 saturated heterocycles. The van der Waals surface area contributed by atoms with E-state index in [4.69, 9.17) is 9.47 Å². The molecule has 0 aliphatic carbocycles. The molecule has 1 fully saturated rings. The molecule has 1 aromatic heterocycles. The van der Waals surface area contributed by atoms with Crippen LogP contribution in [0.5, 0.6) is 0 Å². The Morgan fingerprint density at radius 3 is 2.33 bits per heavy atom. The van der Waals surface area contributed by atoms with Crippen molar-refractivity contribution in [2.75, 3.05) is 13.2 Å². The molecule has 2 heterocycles. The number of aromatic nitrogens is 1. The zero-order chi connectivity index (χ0) is 14.5. The molecule has 0 saturated carbocycles. The van der Waals surface area contributed by atoms with Crippen LogP contribution in [0.15, 0.2) is 54.9 Å². The molecule has 1 aliphatic heterocycles. The minimum atomic E-state index is -0.719. The van der Waals surface area contributed by atoms with E-state index in [1.165, 1.54) is 12.1 Å². The van der Waals surface area contributed by atoms with Crippen molar-refractivity contribution in [3.05, 3.63) is 66.2 Å². The van der Waals surface area contributed by atoms with Crippen LogP contribution in [-0.4, -0.2) is 13.2 Å². The van der Waals surface area contributed by atoms with Gasteiger partial charge in [-0.1, -0.05) is 18.2 Å². The van der Waals surface area contributed by atoms with Gasteiger partial charge in [-0.2, -0.15) is 0 Å². The summed E-state index contributed by atoms with van der Waals surface area (Å²) < 4.78 is 26.9. The van der Waals surface area contributed by atoms with Crippen molar-refractivity contribution in [3.8, 4) is 0 Å². The molecule has 2 aromatic rings. The summed E-state index contributed by atoms with van der Waals surface area (Å²) in [4.78, 5) is 0. The summed E-state index contributed by atoms with van der Waals surface area (Å²) in [7, 11) is 0. The van der Waals surface area contributed by atoms with E-state index in [-0.39, 0.29) is 5.82 Å². The Labute approximate surface area is 123 Å². The maximum atomic E-state index is 13.1. The molecule has 21 heavy (non-hydrogen) atoms. The van der Waals surface area contributed by atoms with E-state index < -0.39 is 5.79 Å². The van der Waals surface area contributed by atoms with Crippen molar-refractivity contribution < 1.29 is 18.4 Å². The van der Waals surface area contributed by atoms with Crippen molar-refractivity contribution in [2.24, 2.45) is 0 Å². The molecule has 0 amide bonds. The van der Waals surface area contributed by atoms with E-state index in [1.807, 2.05) is 30.6 Å². The van der Waals surface area contributed by atoms with Crippen LogP contribution in [0.25, 0.3) is 0 Å². The number of rotatable bonds is 5. The number of hydrogen-bond acceptors (Lipinski definition) is 2. The highest BCUT2D eigenvalue weighted by Crippen LogP contribution is 2.35. The monoisotopic (exact) mass is 288 g/mol. The Bertz CT molecular complexity index is 565. The first kappa shape index (κ1) is 14.2. The van der Waals surface area contributed by atoms with Gasteiger partial charge in [0, 0.05) is 30.5 Å². The van der Waals surface area contributed by atoms with Crippen LogP contribution >= 0.6 is 0 Å². The number of aryl methyl sites for hydroxylation is 1. The SMILES string of the molecule is Fc1ccc(C2(CCC[n+]3ccccc3)OCCO2)cc1. The number of benzene rings is 1. The minimum Gasteiger partial charge on any atom is -0.343 e. The molecule has 110 valence electrons. The van der Waals surface area contributed by atoms with Crippen LogP contribution < -0.4 is 4.57 Å². The van der Waals surface area contributed by atoms with Gasteiger partial charge < -0.3 is 9.47 Å². The molecule has 1 aromatic carbocycles. The molecule has 4 heteroatoms. The fraction of sp³-hybridized carbons (Fsp3) is 0.353. The second kappa shape index (κ2) is 6.33. The van der Waals surface area contributed by atoms with Crippen LogP contribution in [0.1, 0.15) is 18.4 Å². The third-order valence-electron chi connectivity index (χ3n) is 3.74. The zero-order valence-electron chi connectivity index (χ0n) is 11.9. The number of ether oxygens (including phenoxy) is 2. The average Bonchev–Trinajstić information content (AvgIpc) is 2.99. The predicted molar refractivity (Wildman–Crippen MR) is 75.9 cm³/mol. The van der Waals surface area contributed by atoms with Gasteiger partial charge in [0.1, 0.15) is 12.4 Å². The molecule has 3 rings (SSSR count). The topological polar surface area (TPSA) is 22.3 Å². The van der Waals surface area contributed by atoms with Gasteiger partial charge in [0.05, 0.1) is 13.2 Å². The Kier molecular flexibility index (Phi) is 4.27. The lowest BCUT2D eigenvalue weighted by Crippen LogP contribution is -2.34. The van der Waals surface area contributed by atoms with Crippen LogP contribution in [-0.2, 0) is 21.8 Å². The van der Waals surface area contributed by atoms with E-state index in [2.05, 4.69) is 4.57 Å². The van der Waals surface area contributed by atoms with Crippen molar-refractivity contribution in [1.29, 1.82) is 0 Å². The first-order chi connectivity index (χ1) is 10.3. The predicted octanol–water partition coefficient (Wildman–Crippen LogP) is 2.79. The largest absolute Gasteiger partial charge is 0.343 e. The first-order valence-corrected chi connectivity index (χ1v) is 7.27. The van der Waals surface area contributed by atoms with Crippen molar-refractivity contribution in [1.82, 2.24) is 0 Å². The lowest BCUT2D eigenvalue weighted by molar-refractivity contribution is -0.697. The van der Waals surface area contributed by atoms with Crippen LogP contribution in [0.4, 0.5) is 4.39 Å². The Morgan fingerprint density at radius 1 is 1.00 bits per heavy atom. The molecule has 0 atom stereocenters. The molecule has 0 unspecified atom stereocenters. The summed E-state index contributed by atoms with van der Waals surface area (Å²) in [6.45, 7) is 2.06. The number of hydrogen-bond donors (Lipinski definition) is 0. The first-order valence-electron chi connectivity index (χ1n) is 7.27. The van der Waals surface area contributed by atoms with Crippen LogP contribution in [0.3, 0.4) is 0 Å². The van der Waals surface area contributed by atoms with Gasteiger partial charge in [0.15, 0.2) is 18.2 Å². The third-order valence-corrected chi connectivity index (χ3v) is 3.74. The van der Waals surface area contributed by atoms with Gasteiger partial charge in [-0.05, 0) is 12.1 Å². The quantitative estimate of drug-likeness (QED) is 0.789. The zero-order valence-corrected chi connectivity index (χ0v) is 11.9. The summed E-state index contributed by atoms with van der Waals surface area (Å²) in [5.74, 6) is -0.963. The lowest BCUT2D eigenvalue weighted by Gasteiger charge is -2.27. The number of pyridine rings is 1. The molecular formula is C17H19FNO2+. The van der Waals surface area contributed by atoms with E-state index in [0.717, 1.165) is 24.9 Å². The molecule has 0 spiro atoms. The normalized spacial score (nSPS) is 17.0. The summed E-state index contributed by atoms with van der Waals surface area (Å²) in [5.41, 5.74) is 0.888. The lowest BCUT2D eigenvalue weighted by atomic mass is 10.0. The van der Waals surface area contributed by atoms with Gasteiger partial charge >= 0.3 is 0 Å². The minimum absolute atomic E-state index is 0.244. The van der Waals surface area contributed by atoms with Crippen LogP contribution in [0.2, 0.25) is 0 Å². The van der Waals surface area contributed by atoms with E-state index in [0.29, 0.717) is 13.2 Å². The molecule has 0 bridgehead atoms. The Morgan fingerprint density at radius 2 is 1.67 bits per heavy atom. The Balaban J connectivity index is 1.68. The average molecular weight is 288 g/mol. The van der Waals surface area contributed by atoms with E-state index in [9.17, 15) is 4.39 Å². The highest BCUT2D eigenvalue weighted by atomic mass is 19.1. The van der Waals surface area contributed by atoms with Crippen molar-refractivity contribution in [2.45, 2.75) is 25.2 Å². The molecule has 0 radical (unpaired) electrons. The number of halogens is 1. The maximum Gasteiger partial charge on any atom is 0.195 e. The molecule has 3 nitrogen and oxygen atoms in total. The van der Waals surface area contributed by atoms with Gasteiger partial charge in [-0.15, -0.1) is 0 Å². The van der Waals surface area contributed by atoms with Crippen LogP contribution in [0, 0.1) is 5.82 Å². The molecule has 1 aliphatic rings. The fourth-order valence-electron chi connectivity index (χ4n) is 2.69. The summed E-state index contributed by atoms with van der Waals surface area (Å²) >= 11 is 0. The second-order valence-corrected chi connectivity index (χ2v) is 5.17. The summed E-state index contributed by atoms with van der Waals surface area (Å²) in [6.07, 6.45) is 5.76. The standard InChI is InChI=1S/C17H19FNO2/c18-16-7-5-15(6-8-16)17(20-13-14-21-17)9-4-12-19-10-2-1-3-11-19/h1-3,5-8,10-11H,4,9,12-14H2/q+1.